The lowest BCUT2D eigenvalue weighted by molar-refractivity contribution is -0.143. The number of nitrogens with one attached hydrogen (secondary N) is 3. The summed E-state index contributed by atoms with van der Waals surface area (Å²) < 4.78 is 0. The molecule has 5 atom stereocenters. The fraction of sp³-hybridized carbons (Fsp3) is 0.542. The van der Waals surface area contributed by atoms with Gasteiger partial charge in [-0.25, -0.2) is 4.79 Å². The molecule has 0 bridgehead atoms. The van der Waals surface area contributed by atoms with Crippen molar-refractivity contribution in [2.75, 3.05) is 12.0 Å². The lowest BCUT2D eigenvalue weighted by Gasteiger charge is -2.27. The number of carboxylic acid groups (broad SMARTS) is 2. The van der Waals surface area contributed by atoms with Gasteiger partial charge in [0.2, 0.25) is 17.7 Å². The number of phenols is 1. The molecule has 12 nitrogen and oxygen atoms in total. The number of nitrogens with two attached hydrogens (primary N) is 1. The van der Waals surface area contributed by atoms with Crippen LogP contribution in [0.15, 0.2) is 24.3 Å². The number of carbonyl (C=O) groups is 5. The standard InChI is InChI=1S/C24H36N4O8S/c1-4-13(2)20(23(34)27-18(24(35)36)11-14-5-7-15(29)8-6-14)28-22(33)17(12-19(30)31)26-21(32)16(25)9-10-37-3/h5-8,13,16-18,20,29H,4,9-12,25H2,1-3H3,(H,26,32)(H,27,34)(H,28,33)(H,30,31)(H,35,36). The predicted molar refractivity (Wildman–Crippen MR) is 138 cm³/mol. The van der Waals surface area contributed by atoms with E-state index in [1.807, 2.05) is 6.26 Å². The maximum Gasteiger partial charge on any atom is 0.326 e. The molecule has 0 saturated heterocycles. The molecule has 0 fully saturated rings. The third-order valence-corrected chi connectivity index (χ3v) is 6.41. The predicted octanol–water partition coefficient (Wildman–Crippen LogP) is 0.0749. The molecule has 0 aliphatic carbocycles. The molecule has 5 unspecified atom stereocenters. The van der Waals surface area contributed by atoms with Gasteiger partial charge in [0.1, 0.15) is 23.9 Å². The van der Waals surface area contributed by atoms with Crippen molar-refractivity contribution in [2.45, 2.75) is 63.7 Å². The minimum Gasteiger partial charge on any atom is -0.508 e. The molecule has 0 aliphatic rings. The highest BCUT2D eigenvalue weighted by atomic mass is 32.2. The molecule has 0 aromatic heterocycles. The van der Waals surface area contributed by atoms with Gasteiger partial charge in [0.15, 0.2) is 0 Å². The molecule has 1 aromatic carbocycles. The van der Waals surface area contributed by atoms with E-state index in [1.54, 1.807) is 13.8 Å². The van der Waals surface area contributed by atoms with Crippen molar-refractivity contribution in [3.05, 3.63) is 29.8 Å². The normalized spacial score (nSPS) is 14.9. The first kappa shape index (κ1) is 31.7. The zero-order valence-corrected chi connectivity index (χ0v) is 21.9. The van der Waals surface area contributed by atoms with Crippen molar-refractivity contribution in [3.63, 3.8) is 0 Å². The average Bonchev–Trinajstić information content (AvgIpc) is 2.84. The lowest BCUT2D eigenvalue weighted by Crippen LogP contribution is -2.59. The van der Waals surface area contributed by atoms with Crippen LogP contribution in [0.2, 0.25) is 0 Å². The van der Waals surface area contributed by atoms with Gasteiger partial charge in [-0.15, -0.1) is 0 Å². The second-order valence-electron chi connectivity index (χ2n) is 8.69. The number of carbonyl (C=O) groups excluding carboxylic acids is 3. The molecule has 3 amide bonds. The van der Waals surface area contributed by atoms with Crippen LogP contribution >= 0.6 is 11.8 Å². The average molecular weight is 541 g/mol. The van der Waals surface area contributed by atoms with Crippen LogP contribution < -0.4 is 21.7 Å². The number of thioether (sulfide) groups is 1. The van der Waals surface area contributed by atoms with Crippen molar-refractivity contribution in [3.8, 4) is 5.75 Å². The fourth-order valence-corrected chi connectivity index (χ4v) is 3.81. The van der Waals surface area contributed by atoms with Gasteiger partial charge in [-0.2, -0.15) is 11.8 Å². The first-order valence-electron chi connectivity index (χ1n) is 11.8. The molecular weight excluding hydrogens is 504 g/mol. The molecule has 13 heteroatoms. The van der Waals surface area contributed by atoms with E-state index in [-0.39, 0.29) is 12.2 Å². The van der Waals surface area contributed by atoms with Crippen molar-refractivity contribution >= 4 is 41.4 Å². The molecule has 8 N–H and O–H groups in total. The third kappa shape index (κ3) is 11.1. The largest absolute Gasteiger partial charge is 0.508 e. The number of aromatic hydroxyl groups is 1. The molecule has 0 saturated carbocycles. The van der Waals surface area contributed by atoms with Crippen molar-refractivity contribution in [1.29, 1.82) is 0 Å². The number of benzene rings is 1. The molecule has 0 aliphatic heterocycles. The summed E-state index contributed by atoms with van der Waals surface area (Å²) in [7, 11) is 0. The Kier molecular flexibility index (Phi) is 13.5. The summed E-state index contributed by atoms with van der Waals surface area (Å²) in [5.41, 5.74) is 6.37. The SMILES string of the molecule is CCC(C)C(NC(=O)C(CC(=O)O)NC(=O)C(N)CCSC)C(=O)NC(Cc1ccc(O)cc1)C(=O)O. The van der Waals surface area contributed by atoms with Gasteiger partial charge in [-0.3, -0.25) is 19.2 Å². The number of amides is 3. The summed E-state index contributed by atoms with van der Waals surface area (Å²) in [5, 5.41) is 35.5. The Hall–Kier alpha value is -3.32. The summed E-state index contributed by atoms with van der Waals surface area (Å²) >= 11 is 1.48. The van der Waals surface area contributed by atoms with E-state index < -0.39 is 66.2 Å². The van der Waals surface area contributed by atoms with Crippen LogP contribution in [0.3, 0.4) is 0 Å². The van der Waals surface area contributed by atoms with E-state index in [9.17, 15) is 39.3 Å². The number of carboxylic acids is 2. The summed E-state index contributed by atoms with van der Waals surface area (Å²) in [5.74, 6) is -4.86. The summed E-state index contributed by atoms with van der Waals surface area (Å²) in [4.78, 5) is 61.6. The van der Waals surface area contributed by atoms with E-state index in [2.05, 4.69) is 16.0 Å². The molecule has 206 valence electrons. The van der Waals surface area contributed by atoms with Gasteiger partial charge >= 0.3 is 11.9 Å². The van der Waals surface area contributed by atoms with E-state index in [0.717, 1.165) is 0 Å². The molecule has 37 heavy (non-hydrogen) atoms. The van der Waals surface area contributed by atoms with Gasteiger partial charge in [0.25, 0.3) is 0 Å². The molecular formula is C24H36N4O8S. The van der Waals surface area contributed by atoms with Crippen molar-refractivity contribution < 1.29 is 39.3 Å². The second-order valence-corrected chi connectivity index (χ2v) is 9.67. The van der Waals surface area contributed by atoms with Crippen LogP contribution in [0.25, 0.3) is 0 Å². The first-order chi connectivity index (χ1) is 17.4. The summed E-state index contributed by atoms with van der Waals surface area (Å²) in [6, 6.07) is 0.869. The summed E-state index contributed by atoms with van der Waals surface area (Å²) in [6.07, 6.45) is 1.78. The van der Waals surface area contributed by atoms with Crippen molar-refractivity contribution in [1.82, 2.24) is 16.0 Å². The highest BCUT2D eigenvalue weighted by molar-refractivity contribution is 7.98. The Bertz CT molecular complexity index is 943. The number of hydrogen-bond acceptors (Lipinski definition) is 8. The number of aliphatic carboxylic acids is 2. The smallest absolute Gasteiger partial charge is 0.326 e. The topological polar surface area (TPSA) is 208 Å². The van der Waals surface area contributed by atoms with Crippen LogP contribution in [0, 0.1) is 5.92 Å². The molecule has 1 rings (SSSR count). The Labute approximate surface area is 219 Å². The quantitative estimate of drug-likeness (QED) is 0.150. The number of hydrogen-bond donors (Lipinski definition) is 7. The van der Waals surface area contributed by atoms with E-state index in [4.69, 9.17) is 5.73 Å². The van der Waals surface area contributed by atoms with Crippen LogP contribution in [0.5, 0.6) is 5.75 Å². The molecule has 0 heterocycles. The monoisotopic (exact) mass is 540 g/mol. The fourth-order valence-electron chi connectivity index (χ4n) is 3.32. The molecule has 1 aromatic rings. The minimum atomic E-state index is -1.49. The van der Waals surface area contributed by atoms with Crippen LogP contribution in [0.4, 0.5) is 0 Å². The van der Waals surface area contributed by atoms with Crippen LogP contribution in [-0.2, 0) is 30.4 Å². The Morgan fingerprint density at radius 2 is 1.54 bits per heavy atom. The van der Waals surface area contributed by atoms with E-state index in [0.29, 0.717) is 24.2 Å². The third-order valence-electron chi connectivity index (χ3n) is 5.77. The number of phenolic OH excluding ortho intramolecular Hbond substituents is 1. The van der Waals surface area contributed by atoms with Gasteiger partial charge < -0.3 is 37.0 Å². The Morgan fingerprint density at radius 1 is 0.946 bits per heavy atom. The van der Waals surface area contributed by atoms with Crippen LogP contribution in [0.1, 0.15) is 38.7 Å². The maximum atomic E-state index is 13.1. The highest BCUT2D eigenvalue weighted by Gasteiger charge is 2.33. The number of rotatable bonds is 16. The first-order valence-corrected chi connectivity index (χ1v) is 13.2. The van der Waals surface area contributed by atoms with Crippen molar-refractivity contribution in [2.24, 2.45) is 11.7 Å². The zero-order valence-electron chi connectivity index (χ0n) is 21.1. The van der Waals surface area contributed by atoms with Gasteiger partial charge in [0.05, 0.1) is 12.5 Å². The minimum absolute atomic E-state index is 0.00687. The van der Waals surface area contributed by atoms with Gasteiger partial charge in [0, 0.05) is 6.42 Å². The molecule has 0 spiro atoms. The zero-order chi connectivity index (χ0) is 28.1. The maximum absolute atomic E-state index is 13.1. The van der Waals surface area contributed by atoms with E-state index >= 15 is 0 Å². The second kappa shape index (κ2) is 15.7. The Morgan fingerprint density at radius 3 is 2.05 bits per heavy atom. The van der Waals surface area contributed by atoms with Gasteiger partial charge in [-0.05, 0) is 42.0 Å². The van der Waals surface area contributed by atoms with Crippen LogP contribution in [-0.4, -0.2) is 81.2 Å². The van der Waals surface area contributed by atoms with E-state index in [1.165, 1.54) is 36.0 Å². The lowest BCUT2D eigenvalue weighted by atomic mass is 9.96. The Balaban J connectivity index is 3.02. The highest BCUT2D eigenvalue weighted by Crippen LogP contribution is 2.13. The summed E-state index contributed by atoms with van der Waals surface area (Å²) in [6.45, 7) is 3.44. The molecule has 0 radical (unpaired) electrons. The van der Waals surface area contributed by atoms with Gasteiger partial charge in [-0.1, -0.05) is 32.4 Å².